The van der Waals surface area contributed by atoms with E-state index in [1.807, 2.05) is 0 Å². The van der Waals surface area contributed by atoms with E-state index in [-0.39, 0.29) is 30.5 Å². The van der Waals surface area contributed by atoms with Gasteiger partial charge in [-0.2, -0.15) is 0 Å². The second kappa shape index (κ2) is 2.59. The minimum absolute atomic E-state index is 0.00199. The molecular formula is C9H12O3. The first-order valence-electron chi connectivity index (χ1n) is 4.24. The Morgan fingerprint density at radius 2 is 2.33 bits per heavy atom. The van der Waals surface area contributed by atoms with Crippen LogP contribution in [0.2, 0.25) is 0 Å². The Balaban J connectivity index is 2.21. The number of rotatable bonds is 1. The Kier molecular flexibility index (Phi) is 1.68. The fraction of sp³-hybridized carbons (Fsp3) is 0.667. The average Bonchev–Trinajstić information content (AvgIpc) is 2.55. The average molecular weight is 168 g/mol. The van der Waals surface area contributed by atoms with E-state index in [2.05, 4.69) is 6.58 Å². The van der Waals surface area contributed by atoms with Gasteiger partial charge < -0.3 is 9.84 Å². The van der Waals surface area contributed by atoms with Gasteiger partial charge in [0, 0.05) is 18.1 Å². The smallest absolute Gasteiger partial charge is 0.334 e. The molecule has 0 aromatic rings. The number of aliphatic hydroxyl groups is 1. The van der Waals surface area contributed by atoms with Crippen LogP contribution < -0.4 is 0 Å². The number of aliphatic hydroxyl groups excluding tert-OH is 1. The molecule has 1 heterocycles. The van der Waals surface area contributed by atoms with Gasteiger partial charge in [-0.15, -0.1) is 0 Å². The molecule has 1 aliphatic heterocycles. The third-order valence-corrected chi connectivity index (χ3v) is 2.89. The van der Waals surface area contributed by atoms with Crippen molar-refractivity contribution in [1.29, 1.82) is 0 Å². The summed E-state index contributed by atoms with van der Waals surface area (Å²) >= 11 is 0. The van der Waals surface area contributed by atoms with Crippen LogP contribution in [0.4, 0.5) is 0 Å². The monoisotopic (exact) mass is 168 g/mol. The summed E-state index contributed by atoms with van der Waals surface area (Å²) < 4.78 is 5.08. The van der Waals surface area contributed by atoms with Gasteiger partial charge in [0.25, 0.3) is 0 Å². The molecule has 1 aliphatic carbocycles. The number of hydrogen-bond acceptors (Lipinski definition) is 3. The van der Waals surface area contributed by atoms with Gasteiger partial charge >= 0.3 is 5.97 Å². The van der Waals surface area contributed by atoms with Crippen LogP contribution in [0.25, 0.3) is 0 Å². The lowest BCUT2D eigenvalue weighted by atomic mass is 9.91. The van der Waals surface area contributed by atoms with Crippen LogP contribution in [-0.4, -0.2) is 23.8 Å². The fourth-order valence-electron chi connectivity index (χ4n) is 2.24. The van der Waals surface area contributed by atoms with Gasteiger partial charge in [-0.05, 0) is 18.8 Å². The molecule has 0 aromatic heterocycles. The normalized spacial score (nSPS) is 39.9. The molecule has 3 atom stereocenters. The highest BCUT2D eigenvalue weighted by Gasteiger charge is 2.47. The fourth-order valence-corrected chi connectivity index (χ4v) is 2.24. The molecular weight excluding hydrogens is 156 g/mol. The summed E-state index contributed by atoms with van der Waals surface area (Å²) in [6.45, 7) is 3.83. The van der Waals surface area contributed by atoms with E-state index in [0.717, 1.165) is 12.8 Å². The van der Waals surface area contributed by atoms with Crippen molar-refractivity contribution in [2.75, 3.05) is 6.61 Å². The highest BCUT2D eigenvalue weighted by Crippen LogP contribution is 2.43. The van der Waals surface area contributed by atoms with Crippen molar-refractivity contribution in [2.24, 2.45) is 11.8 Å². The topological polar surface area (TPSA) is 46.5 Å². The molecule has 12 heavy (non-hydrogen) atoms. The molecule has 0 unspecified atom stereocenters. The first kappa shape index (κ1) is 7.80. The second-order valence-electron chi connectivity index (χ2n) is 3.51. The van der Waals surface area contributed by atoms with E-state index in [4.69, 9.17) is 9.84 Å². The SMILES string of the molecule is C=C1C(=O)O[C@@H]2CC[C@H](CO)[C@H]12. The maximum absolute atomic E-state index is 11.0. The van der Waals surface area contributed by atoms with Crippen molar-refractivity contribution in [1.82, 2.24) is 0 Å². The number of carbonyl (C=O) groups excluding carboxylic acids is 1. The number of fused-ring (bicyclic) bond motifs is 1. The van der Waals surface area contributed by atoms with E-state index in [0.29, 0.717) is 5.57 Å². The maximum Gasteiger partial charge on any atom is 0.334 e. The lowest BCUT2D eigenvalue weighted by molar-refractivity contribution is -0.138. The summed E-state index contributed by atoms with van der Waals surface area (Å²) in [7, 11) is 0. The minimum atomic E-state index is -0.275. The van der Waals surface area contributed by atoms with Gasteiger partial charge in [0.05, 0.1) is 0 Å². The van der Waals surface area contributed by atoms with Crippen molar-refractivity contribution in [3.63, 3.8) is 0 Å². The zero-order chi connectivity index (χ0) is 8.72. The van der Waals surface area contributed by atoms with Crippen LogP contribution in [-0.2, 0) is 9.53 Å². The number of carbonyl (C=O) groups is 1. The summed E-state index contributed by atoms with van der Waals surface area (Å²) in [6, 6.07) is 0. The molecule has 1 saturated carbocycles. The van der Waals surface area contributed by atoms with Crippen molar-refractivity contribution in [3.05, 3.63) is 12.2 Å². The van der Waals surface area contributed by atoms with Crippen molar-refractivity contribution in [3.8, 4) is 0 Å². The minimum Gasteiger partial charge on any atom is -0.458 e. The van der Waals surface area contributed by atoms with Crippen LogP contribution in [0.5, 0.6) is 0 Å². The third kappa shape index (κ3) is 0.894. The van der Waals surface area contributed by atoms with Crippen LogP contribution >= 0.6 is 0 Å². The van der Waals surface area contributed by atoms with Crippen molar-refractivity contribution >= 4 is 5.97 Å². The summed E-state index contributed by atoms with van der Waals surface area (Å²) in [5.74, 6) is -0.000370. The summed E-state index contributed by atoms with van der Waals surface area (Å²) in [5.41, 5.74) is 0.552. The van der Waals surface area contributed by atoms with Gasteiger partial charge in [-0.3, -0.25) is 0 Å². The summed E-state index contributed by atoms with van der Waals surface area (Å²) in [6.07, 6.45) is 1.82. The maximum atomic E-state index is 11.0. The van der Waals surface area contributed by atoms with Gasteiger partial charge in [-0.1, -0.05) is 6.58 Å². The first-order valence-corrected chi connectivity index (χ1v) is 4.24. The molecule has 3 nitrogen and oxygen atoms in total. The molecule has 0 radical (unpaired) electrons. The Morgan fingerprint density at radius 1 is 1.58 bits per heavy atom. The number of ether oxygens (including phenoxy) is 1. The van der Waals surface area contributed by atoms with E-state index < -0.39 is 0 Å². The highest BCUT2D eigenvalue weighted by atomic mass is 16.6. The zero-order valence-corrected chi connectivity index (χ0v) is 6.82. The first-order chi connectivity index (χ1) is 5.74. The van der Waals surface area contributed by atoms with Crippen LogP contribution in [0, 0.1) is 11.8 Å². The molecule has 2 rings (SSSR count). The van der Waals surface area contributed by atoms with E-state index >= 15 is 0 Å². The molecule has 2 aliphatic rings. The molecule has 0 spiro atoms. The molecule has 1 N–H and O–H groups in total. The predicted molar refractivity (Wildman–Crippen MR) is 42.3 cm³/mol. The number of esters is 1. The van der Waals surface area contributed by atoms with Gasteiger partial charge in [0.15, 0.2) is 0 Å². The van der Waals surface area contributed by atoms with Gasteiger partial charge in [0.1, 0.15) is 6.10 Å². The Morgan fingerprint density at radius 3 is 3.00 bits per heavy atom. The van der Waals surface area contributed by atoms with Crippen molar-refractivity contribution in [2.45, 2.75) is 18.9 Å². The quantitative estimate of drug-likeness (QED) is 0.457. The van der Waals surface area contributed by atoms with Gasteiger partial charge in [-0.25, -0.2) is 4.79 Å². The molecule has 3 heteroatoms. The third-order valence-electron chi connectivity index (χ3n) is 2.89. The molecule has 1 saturated heterocycles. The van der Waals surface area contributed by atoms with Crippen LogP contribution in [0.15, 0.2) is 12.2 Å². The molecule has 0 amide bonds. The summed E-state index contributed by atoms with van der Waals surface area (Å²) in [5, 5.41) is 9.01. The lowest BCUT2D eigenvalue weighted by Gasteiger charge is -2.12. The van der Waals surface area contributed by atoms with Gasteiger partial charge in [0.2, 0.25) is 0 Å². The Hall–Kier alpha value is -0.830. The van der Waals surface area contributed by atoms with Crippen molar-refractivity contribution < 1.29 is 14.6 Å². The van der Waals surface area contributed by atoms with Crippen LogP contribution in [0.3, 0.4) is 0 Å². The molecule has 2 fully saturated rings. The largest absolute Gasteiger partial charge is 0.458 e. The van der Waals surface area contributed by atoms with E-state index in [1.165, 1.54) is 0 Å². The number of hydrogen-bond donors (Lipinski definition) is 1. The Labute approximate surface area is 71.0 Å². The van der Waals surface area contributed by atoms with E-state index in [9.17, 15) is 4.79 Å². The lowest BCUT2D eigenvalue weighted by Crippen LogP contribution is -2.17. The predicted octanol–water partition coefficient (Wildman–Crippen LogP) is 0.486. The summed E-state index contributed by atoms with van der Waals surface area (Å²) in [4.78, 5) is 11.0. The Bertz CT molecular complexity index is 234. The van der Waals surface area contributed by atoms with E-state index in [1.54, 1.807) is 0 Å². The van der Waals surface area contributed by atoms with Crippen LogP contribution in [0.1, 0.15) is 12.8 Å². The zero-order valence-electron chi connectivity index (χ0n) is 6.82. The molecule has 0 bridgehead atoms. The molecule has 66 valence electrons. The second-order valence-corrected chi connectivity index (χ2v) is 3.51. The highest BCUT2D eigenvalue weighted by molar-refractivity contribution is 5.91. The molecule has 0 aromatic carbocycles. The standard InChI is InChI=1S/C9H12O3/c1-5-8-6(4-10)2-3-7(8)12-9(5)11/h6-8,10H,1-4H2/t6-,7-,8+/m1/s1.